The number of carbonyl (C=O) groups excluding carboxylic acids is 1. The van der Waals surface area contributed by atoms with Crippen LogP contribution in [0.5, 0.6) is 5.75 Å². The summed E-state index contributed by atoms with van der Waals surface area (Å²) in [6, 6.07) is 17.0. The van der Waals surface area contributed by atoms with E-state index in [4.69, 9.17) is 16.3 Å². The molecule has 1 amide bonds. The van der Waals surface area contributed by atoms with Crippen LogP contribution in [-0.2, 0) is 11.4 Å². The Labute approximate surface area is 173 Å². The number of benzene rings is 2. The second kappa shape index (κ2) is 10.1. The highest BCUT2D eigenvalue weighted by Gasteiger charge is 2.16. The van der Waals surface area contributed by atoms with Gasteiger partial charge in [0.15, 0.2) is 11.0 Å². The summed E-state index contributed by atoms with van der Waals surface area (Å²) >= 11 is 7.50. The maximum atomic E-state index is 11.9. The van der Waals surface area contributed by atoms with E-state index in [1.54, 1.807) is 12.1 Å². The van der Waals surface area contributed by atoms with Gasteiger partial charge < -0.3 is 10.1 Å². The normalized spacial score (nSPS) is 10.6. The number of hydrogen-bond acceptors (Lipinski definition) is 5. The molecule has 1 N–H and O–H groups in total. The number of amides is 1. The summed E-state index contributed by atoms with van der Waals surface area (Å²) in [5.74, 6) is 1.46. The molecule has 0 fully saturated rings. The third kappa shape index (κ3) is 5.27. The van der Waals surface area contributed by atoms with Crippen molar-refractivity contribution in [3.05, 3.63) is 65.4 Å². The van der Waals surface area contributed by atoms with Crippen LogP contribution in [-0.4, -0.2) is 33.0 Å². The van der Waals surface area contributed by atoms with E-state index in [1.165, 1.54) is 11.8 Å². The molecule has 0 bridgehead atoms. The van der Waals surface area contributed by atoms with Crippen LogP contribution < -0.4 is 10.1 Å². The van der Waals surface area contributed by atoms with E-state index < -0.39 is 0 Å². The van der Waals surface area contributed by atoms with Crippen LogP contribution in [0.2, 0.25) is 5.02 Å². The second-order valence-corrected chi connectivity index (χ2v) is 7.28. The first kappa shape index (κ1) is 20.2. The Balaban J connectivity index is 1.79. The first-order chi connectivity index (χ1) is 13.7. The van der Waals surface area contributed by atoms with Gasteiger partial charge in [0.05, 0.1) is 10.8 Å². The first-order valence-electron chi connectivity index (χ1n) is 8.95. The van der Waals surface area contributed by atoms with E-state index in [0.29, 0.717) is 28.3 Å². The Kier molecular flexibility index (Phi) is 7.33. The zero-order valence-electron chi connectivity index (χ0n) is 15.5. The highest BCUT2D eigenvalue weighted by Crippen LogP contribution is 2.26. The van der Waals surface area contributed by atoms with Crippen LogP contribution in [0.3, 0.4) is 0 Å². The van der Waals surface area contributed by atoms with Crippen molar-refractivity contribution in [2.75, 3.05) is 12.3 Å². The molecule has 8 heteroatoms. The van der Waals surface area contributed by atoms with Gasteiger partial charge in [-0.25, -0.2) is 0 Å². The van der Waals surface area contributed by atoms with Gasteiger partial charge in [-0.3, -0.25) is 9.36 Å². The molecule has 1 aromatic heterocycles. The van der Waals surface area contributed by atoms with Crippen LogP contribution in [0, 0.1) is 0 Å². The molecule has 6 nitrogen and oxygen atoms in total. The molecule has 0 aliphatic rings. The molecule has 0 radical (unpaired) electrons. The van der Waals surface area contributed by atoms with Crippen molar-refractivity contribution < 1.29 is 9.53 Å². The number of aromatic nitrogens is 3. The fourth-order valence-corrected chi connectivity index (χ4v) is 3.46. The van der Waals surface area contributed by atoms with E-state index in [9.17, 15) is 4.79 Å². The lowest BCUT2D eigenvalue weighted by Gasteiger charge is -2.11. The van der Waals surface area contributed by atoms with Crippen LogP contribution in [0.4, 0.5) is 0 Å². The fourth-order valence-electron chi connectivity index (χ4n) is 2.47. The van der Waals surface area contributed by atoms with Crippen molar-refractivity contribution in [2.24, 2.45) is 0 Å². The molecule has 0 aliphatic carbocycles. The number of nitrogens with one attached hydrogen (secondary N) is 1. The van der Waals surface area contributed by atoms with E-state index in [0.717, 1.165) is 12.1 Å². The van der Waals surface area contributed by atoms with Gasteiger partial charge in [-0.2, -0.15) is 0 Å². The van der Waals surface area contributed by atoms with Gasteiger partial charge in [-0.15, -0.1) is 10.2 Å². The molecule has 146 valence electrons. The quantitative estimate of drug-likeness (QED) is 0.531. The summed E-state index contributed by atoms with van der Waals surface area (Å²) in [4.78, 5) is 11.9. The minimum Gasteiger partial charge on any atom is -0.484 e. The number of carbonyl (C=O) groups is 1. The first-order valence-corrected chi connectivity index (χ1v) is 10.3. The SMILES string of the molecule is CCCNC(=O)CSc1nnc(COc2ccccc2Cl)n1-c1ccccc1. The van der Waals surface area contributed by atoms with Gasteiger partial charge in [0.25, 0.3) is 0 Å². The Morgan fingerprint density at radius 2 is 1.89 bits per heavy atom. The average Bonchev–Trinajstić information content (AvgIpc) is 3.13. The van der Waals surface area contributed by atoms with Crippen LogP contribution in [0.25, 0.3) is 5.69 Å². The standard InChI is InChI=1S/C20H21ClN4O2S/c1-2-12-22-19(26)14-28-20-24-23-18(25(20)15-8-4-3-5-9-15)13-27-17-11-7-6-10-16(17)21/h3-11H,2,12-14H2,1H3,(H,22,26). The predicted octanol–water partition coefficient (Wildman–Crippen LogP) is 4.12. The number of nitrogens with zero attached hydrogens (tertiary/aromatic N) is 3. The molecule has 3 aromatic rings. The molecule has 3 rings (SSSR count). The van der Waals surface area contributed by atoms with Gasteiger partial charge >= 0.3 is 0 Å². The van der Waals surface area contributed by atoms with Gasteiger partial charge in [-0.05, 0) is 30.7 Å². The van der Waals surface area contributed by atoms with Crippen molar-refractivity contribution >= 4 is 29.3 Å². The van der Waals surface area contributed by atoms with E-state index in [1.807, 2.05) is 54.0 Å². The molecule has 0 saturated heterocycles. The Bertz CT molecular complexity index is 918. The largest absolute Gasteiger partial charge is 0.484 e. The summed E-state index contributed by atoms with van der Waals surface area (Å²) in [6.07, 6.45) is 0.903. The molecule has 0 unspecified atom stereocenters. The molecule has 1 heterocycles. The Morgan fingerprint density at radius 3 is 2.64 bits per heavy atom. The van der Waals surface area contributed by atoms with Gasteiger partial charge in [-0.1, -0.05) is 60.6 Å². The molecule has 28 heavy (non-hydrogen) atoms. The smallest absolute Gasteiger partial charge is 0.230 e. The van der Waals surface area contributed by atoms with E-state index >= 15 is 0 Å². The highest BCUT2D eigenvalue weighted by molar-refractivity contribution is 7.99. The van der Waals surface area contributed by atoms with Crippen LogP contribution >= 0.6 is 23.4 Å². The maximum Gasteiger partial charge on any atom is 0.230 e. The van der Waals surface area contributed by atoms with Gasteiger partial charge in [0.2, 0.25) is 5.91 Å². The Morgan fingerprint density at radius 1 is 1.14 bits per heavy atom. The number of para-hydroxylation sites is 2. The highest BCUT2D eigenvalue weighted by atomic mass is 35.5. The molecular formula is C20H21ClN4O2S. The van der Waals surface area contributed by atoms with Crippen molar-refractivity contribution in [3.63, 3.8) is 0 Å². The fraction of sp³-hybridized carbons (Fsp3) is 0.250. The van der Waals surface area contributed by atoms with E-state index in [2.05, 4.69) is 15.5 Å². The minimum absolute atomic E-state index is 0.0247. The molecule has 0 spiro atoms. The average molecular weight is 417 g/mol. The van der Waals surface area contributed by atoms with Crippen molar-refractivity contribution in [1.29, 1.82) is 0 Å². The van der Waals surface area contributed by atoms with Crippen LogP contribution in [0.1, 0.15) is 19.2 Å². The topological polar surface area (TPSA) is 69.0 Å². The van der Waals surface area contributed by atoms with Crippen molar-refractivity contribution in [3.8, 4) is 11.4 Å². The maximum absolute atomic E-state index is 11.9. The summed E-state index contributed by atoms with van der Waals surface area (Å²) in [7, 11) is 0. The summed E-state index contributed by atoms with van der Waals surface area (Å²) in [6.45, 7) is 2.89. The molecule has 0 saturated carbocycles. The molecular weight excluding hydrogens is 396 g/mol. The zero-order valence-corrected chi connectivity index (χ0v) is 17.0. The number of hydrogen-bond donors (Lipinski definition) is 1. The lowest BCUT2D eigenvalue weighted by atomic mass is 10.3. The summed E-state index contributed by atoms with van der Waals surface area (Å²) in [5, 5.41) is 12.6. The number of halogens is 1. The Hall–Kier alpha value is -2.51. The van der Waals surface area contributed by atoms with Crippen LogP contribution in [0.15, 0.2) is 59.8 Å². The lowest BCUT2D eigenvalue weighted by molar-refractivity contribution is -0.118. The third-order valence-electron chi connectivity index (χ3n) is 3.81. The van der Waals surface area contributed by atoms with E-state index in [-0.39, 0.29) is 18.3 Å². The molecule has 2 aromatic carbocycles. The van der Waals surface area contributed by atoms with Crippen molar-refractivity contribution in [1.82, 2.24) is 20.1 Å². The minimum atomic E-state index is -0.0247. The van der Waals surface area contributed by atoms with Gasteiger partial charge in [0.1, 0.15) is 12.4 Å². The molecule has 0 atom stereocenters. The number of rotatable bonds is 9. The number of ether oxygens (including phenoxy) is 1. The monoisotopic (exact) mass is 416 g/mol. The summed E-state index contributed by atoms with van der Waals surface area (Å²) in [5.41, 5.74) is 0.904. The third-order valence-corrected chi connectivity index (χ3v) is 5.05. The zero-order chi connectivity index (χ0) is 19.8. The summed E-state index contributed by atoms with van der Waals surface area (Å²) < 4.78 is 7.73. The van der Waals surface area contributed by atoms with Crippen molar-refractivity contribution in [2.45, 2.75) is 25.1 Å². The molecule has 0 aliphatic heterocycles. The predicted molar refractivity (Wildman–Crippen MR) is 111 cm³/mol. The second-order valence-electron chi connectivity index (χ2n) is 5.93. The number of thioether (sulfide) groups is 1. The van der Waals surface area contributed by atoms with Gasteiger partial charge in [0, 0.05) is 12.2 Å². The lowest BCUT2D eigenvalue weighted by Crippen LogP contribution is -2.25.